The first kappa shape index (κ1) is 10.7. The second-order valence-electron chi connectivity index (χ2n) is 3.26. The van der Waals surface area contributed by atoms with Crippen molar-refractivity contribution >= 4 is 34.1 Å². The number of rotatable bonds is 2. The smallest absolute Gasteiger partial charge is 0.0906 e. The van der Waals surface area contributed by atoms with E-state index in [1.54, 1.807) is 12.1 Å². The van der Waals surface area contributed by atoms with E-state index in [9.17, 15) is 0 Å². The summed E-state index contributed by atoms with van der Waals surface area (Å²) < 4.78 is 0. The second-order valence-corrected chi connectivity index (χ2v) is 4.07. The first-order chi connectivity index (χ1) is 7.22. The minimum atomic E-state index is 0.632. The van der Waals surface area contributed by atoms with Gasteiger partial charge >= 0.3 is 0 Å². The van der Waals surface area contributed by atoms with Crippen molar-refractivity contribution < 1.29 is 0 Å². The SMILES string of the molecule is CNCc1ccc2c(Cl)ccc(Cl)c2n1. The Hall–Kier alpha value is -0.830. The van der Waals surface area contributed by atoms with Gasteiger partial charge < -0.3 is 5.32 Å². The van der Waals surface area contributed by atoms with E-state index in [0.29, 0.717) is 10.0 Å². The number of hydrogen-bond donors (Lipinski definition) is 1. The molecule has 0 radical (unpaired) electrons. The van der Waals surface area contributed by atoms with Crippen molar-refractivity contribution in [3.05, 3.63) is 40.0 Å². The Morgan fingerprint density at radius 3 is 2.60 bits per heavy atom. The zero-order valence-electron chi connectivity index (χ0n) is 8.22. The van der Waals surface area contributed by atoms with Crippen molar-refractivity contribution in [1.29, 1.82) is 0 Å². The van der Waals surface area contributed by atoms with Gasteiger partial charge in [0.25, 0.3) is 0 Å². The van der Waals surface area contributed by atoms with Gasteiger partial charge in [-0.3, -0.25) is 0 Å². The molecule has 0 saturated heterocycles. The molecular formula is C11H10Cl2N2. The van der Waals surface area contributed by atoms with Gasteiger partial charge in [0.05, 0.1) is 21.3 Å². The highest BCUT2D eigenvalue weighted by molar-refractivity contribution is 6.39. The van der Waals surface area contributed by atoms with Gasteiger partial charge in [-0.25, -0.2) is 4.98 Å². The van der Waals surface area contributed by atoms with Crippen LogP contribution in [0.2, 0.25) is 10.0 Å². The molecule has 2 rings (SSSR count). The molecule has 0 atom stereocenters. The monoisotopic (exact) mass is 240 g/mol. The summed E-state index contributed by atoms with van der Waals surface area (Å²) in [5.41, 5.74) is 1.71. The van der Waals surface area contributed by atoms with Crippen LogP contribution in [0.15, 0.2) is 24.3 Å². The lowest BCUT2D eigenvalue weighted by atomic mass is 10.2. The molecule has 0 fully saturated rings. The summed E-state index contributed by atoms with van der Waals surface area (Å²) in [7, 11) is 1.88. The maximum Gasteiger partial charge on any atom is 0.0906 e. The molecule has 0 spiro atoms. The summed E-state index contributed by atoms with van der Waals surface area (Å²) in [6.45, 7) is 0.721. The third kappa shape index (κ3) is 2.07. The lowest BCUT2D eigenvalue weighted by molar-refractivity contribution is 0.795. The Kier molecular flexibility index (Phi) is 3.10. The van der Waals surface area contributed by atoms with E-state index < -0.39 is 0 Å². The van der Waals surface area contributed by atoms with Crippen molar-refractivity contribution in [2.24, 2.45) is 0 Å². The lowest BCUT2D eigenvalue weighted by Crippen LogP contribution is -2.06. The van der Waals surface area contributed by atoms with Crippen LogP contribution in [0.25, 0.3) is 10.9 Å². The summed E-state index contributed by atoms with van der Waals surface area (Å²) >= 11 is 12.1. The highest BCUT2D eigenvalue weighted by atomic mass is 35.5. The Labute approximate surface area is 98.2 Å². The maximum atomic E-state index is 6.06. The molecular weight excluding hydrogens is 231 g/mol. The van der Waals surface area contributed by atoms with E-state index in [2.05, 4.69) is 10.3 Å². The molecule has 1 heterocycles. The van der Waals surface area contributed by atoms with Crippen LogP contribution in [0.5, 0.6) is 0 Å². The largest absolute Gasteiger partial charge is 0.314 e. The van der Waals surface area contributed by atoms with Gasteiger partial charge in [0, 0.05) is 11.9 Å². The van der Waals surface area contributed by atoms with Crippen molar-refractivity contribution in [3.8, 4) is 0 Å². The minimum absolute atomic E-state index is 0.632. The fourth-order valence-electron chi connectivity index (χ4n) is 1.47. The zero-order valence-corrected chi connectivity index (χ0v) is 9.73. The Balaban J connectivity index is 2.65. The second kappa shape index (κ2) is 4.35. The number of pyridine rings is 1. The fourth-order valence-corrected chi connectivity index (χ4v) is 1.89. The van der Waals surface area contributed by atoms with Crippen molar-refractivity contribution in [1.82, 2.24) is 10.3 Å². The van der Waals surface area contributed by atoms with E-state index in [0.717, 1.165) is 23.1 Å². The third-order valence-corrected chi connectivity index (χ3v) is 2.80. The van der Waals surface area contributed by atoms with Crippen molar-refractivity contribution in [3.63, 3.8) is 0 Å². The number of fused-ring (bicyclic) bond motifs is 1. The lowest BCUT2D eigenvalue weighted by Gasteiger charge is -2.05. The van der Waals surface area contributed by atoms with Gasteiger partial charge in [-0.1, -0.05) is 23.2 Å². The van der Waals surface area contributed by atoms with Crippen LogP contribution < -0.4 is 5.32 Å². The van der Waals surface area contributed by atoms with Crippen LogP contribution >= 0.6 is 23.2 Å². The summed E-state index contributed by atoms with van der Waals surface area (Å²) in [6.07, 6.45) is 0. The summed E-state index contributed by atoms with van der Waals surface area (Å²) in [5.74, 6) is 0. The minimum Gasteiger partial charge on any atom is -0.314 e. The number of nitrogens with zero attached hydrogens (tertiary/aromatic N) is 1. The predicted molar refractivity (Wildman–Crippen MR) is 64.5 cm³/mol. The van der Waals surface area contributed by atoms with E-state index in [4.69, 9.17) is 23.2 Å². The highest BCUT2D eigenvalue weighted by Gasteiger charge is 2.05. The molecule has 1 aromatic carbocycles. The Bertz CT molecular complexity index is 497. The highest BCUT2D eigenvalue weighted by Crippen LogP contribution is 2.28. The van der Waals surface area contributed by atoms with Crippen LogP contribution in [0.3, 0.4) is 0 Å². The van der Waals surface area contributed by atoms with Gasteiger partial charge in [-0.15, -0.1) is 0 Å². The number of nitrogens with one attached hydrogen (secondary N) is 1. The van der Waals surface area contributed by atoms with Gasteiger partial charge in [0.15, 0.2) is 0 Å². The van der Waals surface area contributed by atoms with Crippen LogP contribution in [-0.4, -0.2) is 12.0 Å². The maximum absolute atomic E-state index is 6.06. The average Bonchev–Trinajstić information content (AvgIpc) is 2.24. The number of benzene rings is 1. The molecule has 0 aliphatic heterocycles. The van der Waals surface area contributed by atoms with Crippen molar-refractivity contribution in [2.75, 3.05) is 7.05 Å². The first-order valence-corrected chi connectivity index (χ1v) is 5.36. The van der Waals surface area contributed by atoms with Crippen LogP contribution in [0.1, 0.15) is 5.69 Å². The normalized spacial score (nSPS) is 10.9. The first-order valence-electron chi connectivity index (χ1n) is 4.60. The van der Waals surface area contributed by atoms with Gasteiger partial charge in [0.2, 0.25) is 0 Å². The summed E-state index contributed by atoms with van der Waals surface area (Å²) in [6, 6.07) is 7.44. The van der Waals surface area contributed by atoms with Crippen LogP contribution in [0, 0.1) is 0 Å². The van der Waals surface area contributed by atoms with E-state index in [1.807, 2.05) is 19.2 Å². The Morgan fingerprint density at radius 1 is 1.13 bits per heavy atom. The summed E-state index contributed by atoms with van der Waals surface area (Å²) in [4.78, 5) is 4.45. The molecule has 1 aromatic heterocycles. The molecule has 0 aliphatic rings. The number of hydrogen-bond acceptors (Lipinski definition) is 2. The predicted octanol–water partition coefficient (Wildman–Crippen LogP) is 3.26. The van der Waals surface area contributed by atoms with Crippen LogP contribution in [0.4, 0.5) is 0 Å². The van der Waals surface area contributed by atoms with E-state index in [1.165, 1.54) is 0 Å². The quantitative estimate of drug-likeness (QED) is 0.872. The standard InChI is InChI=1S/C11H10Cl2N2/c1-14-6-7-2-3-8-9(12)4-5-10(13)11(8)15-7/h2-5,14H,6H2,1H3. The third-order valence-electron chi connectivity index (χ3n) is 2.17. The molecule has 0 saturated carbocycles. The number of halogens is 2. The topological polar surface area (TPSA) is 24.9 Å². The molecule has 0 amide bonds. The fraction of sp³-hybridized carbons (Fsp3) is 0.182. The molecule has 2 nitrogen and oxygen atoms in total. The van der Waals surface area contributed by atoms with Crippen LogP contribution in [-0.2, 0) is 6.54 Å². The molecule has 78 valence electrons. The van der Waals surface area contributed by atoms with Gasteiger partial charge in [-0.05, 0) is 31.3 Å². The Morgan fingerprint density at radius 2 is 1.87 bits per heavy atom. The molecule has 0 unspecified atom stereocenters. The van der Waals surface area contributed by atoms with Gasteiger partial charge in [0.1, 0.15) is 0 Å². The molecule has 0 aliphatic carbocycles. The molecule has 1 N–H and O–H groups in total. The molecule has 0 bridgehead atoms. The van der Waals surface area contributed by atoms with E-state index in [-0.39, 0.29) is 0 Å². The number of aromatic nitrogens is 1. The molecule has 2 aromatic rings. The molecule has 4 heteroatoms. The van der Waals surface area contributed by atoms with E-state index >= 15 is 0 Å². The average molecular weight is 241 g/mol. The molecule has 15 heavy (non-hydrogen) atoms. The summed E-state index contributed by atoms with van der Waals surface area (Å²) in [5, 5.41) is 5.25. The van der Waals surface area contributed by atoms with Gasteiger partial charge in [-0.2, -0.15) is 0 Å². The zero-order chi connectivity index (χ0) is 10.8. The van der Waals surface area contributed by atoms with Crippen molar-refractivity contribution in [2.45, 2.75) is 6.54 Å².